The molecule has 1 aromatic heterocycles. The van der Waals surface area contributed by atoms with Crippen LogP contribution in [0.1, 0.15) is 5.56 Å². The van der Waals surface area contributed by atoms with E-state index in [2.05, 4.69) is 9.97 Å². The molecule has 3 aromatic rings. The lowest BCUT2D eigenvalue weighted by Gasteiger charge is -2.06. The van der Waals surface area contributed by atoms with Crippen LogP contribution < -0.4 is 9.47 Å². The summed E-state index contributed by atoms with van der Waals surface area (Å²) in [5, 5.41) is 0. The molecular weight excluding hydrogens is 271 g/mol. The van der Waals surface area contributed by atoms with Gasteiger partial charge in [-0.1, -0.05) is 0 Å². The number of hydrogen-bond acceptors (Lipinski definition) is 3. The van der Waals surface area contributed by atoms with Crippen LogP contribution in [0.2, 0.25) is 0 Å². The molecule has 0 aliphatic rings. The van der Waals surface area contributed by atoms with Crippen molar-refractivity contribution in [3.8, 4) is 22.9 Å². The lowest BCUT2D eigenvalue weighted by molar-refractivity contribution is 0.356. The Hall–Kier alpha value is -2.56. The molecule has 0 fully saturated rings. The van der Waals surface area contributed by atoms with E-state index in [0.29, 0.717) is 17.3 Å². The van der Waals surface area contributed by atoms with Gasteiger partial charge in [-0.15, -0.1) is 0 Å². The van der Waals surface area contributed by atoms with Gasteiger partial charge in [-0.3, -0.25) is 0 Å². The summed E-state index contributed by atoms with van der Waals surface area (Å²) in [4.78, 5) is 7.77. The van der Waals surface area contributed by atoms with Gasteiger partial charge in [0.15, 0.2) is 11.5 Å². The highest BCUT2D eigenvalue weighted by Gasteiger charge is 2.12. The molecule has 0 aliphatic heterocycles. The minimum Gasteiger partial charge on any atom is -0.493 e. The number of ether oxygens (including phenoxy) is 2. The van der Waals surface area contributed by atoms with Crippen molar-refractivity contribution in [1.29, 1.82) is 0 Å². The fourth-order valence-corrected chi connectivity index (χ4v) is 2.36. The number of fused-ring (bicyclic) bond motifs is 1. The Bertz CT molecular complexity index is 770. The minimum absolute atomic E-state index is 0.254. The van der Waals surface area contributed by atoms with Gasteiger partial charge in [0.2, 0.25) is 0 Å². The molecule has 0 radical (unpaired) electrons. The number of halogens is 1. The van der Waals surface area contributed by atoms with E-state index in [0.717, 1.165) is 22.2 Å². The number of rotatable bonds is 3. The highest BCUT2D eigenvalue weighted by atomic mass is 19.1. The molecule has 2 aromatic carbocycles. The molecule has 0 spiro atoms. The molecule has 1 N–H and O–H groups in total. The SMILES string of the molecule is COc1cc2nc(-c3ccc(F)cc3C)[nH]c2cc1OC. The van der Waals surface area contributed by atoms with E-state index in [4.69, 9.17) is 9.47 Å². The molecule has 0 amide bonds. The van der Waals surface area contributed by atoms with E-state index >= 15 is 0 Å². The van der Waals surface area contributed by atoms with Crippen molar-refractivity contribution in [3.63, 3.8) is 0 Å². The molecule has 5 heteroatoms. The Balaban J connectivity index is 2.16. The van der Waals surface area contributed by atoms with E-state index in [1.165, 1.54) is 12.1 Å². The van der Waals surface area contributed by atoms with Gasteiger partial charge in [0, 0.05) is 17.7 Å². The summed E-state index contributed by atoms with van der Waals surface area (Å²) in [6.07, 6.45) is 0. The first-order valence-corrected chi connectivity index (χ1v) is 6.50. The zero-order valence-corrected chi connectivity index (χ0v) is 12.0. The minimum atomic E-state index is -0.254. The molecule has 0 atom stereocenters. The molecule has 21 heavy (non-hydrogen) atoms. The van der Waals surface area contributed by atoms with Crippen molar-refractivity contribution in [3.05, 3.63) is 41.7 Å². The summed E-state index contributed by atoms with van der Waals surface area (Å²) in [5.41, 5.74) is 3.30. The van der Waals surface area contributed by atoms with Gasteiger partial charge in [0.25, 0.3) is 0 Å². The Morgan fingerprint density at radius 2 is 1.76 bits per heavy atom. The standard InChI is InChI=1S/C16H15FN2O2/c1-9-6-10(17)4-5-11(9)16-18-12-7-14(20-2)15(21-3)8-13(12)19-16/h4-8H,1-3H3,(H,18,19). The normalized spacial score (nSPS) is 10.9. The molecule has 1 heterocycles. The summed E-state index contributed by atoms with van der Waals surface area (Å²) in [6.45, 7) is 1.85. The molecule has 0 bridgehead atoms. The number of aromatic nitrogens is 2. The molecule has 0 unspecified atom stereocenters. The van der Waals surface area contributed by atoms with Gasteiger partial charge in [-0.25, -0.2) is 9.37 Å². The average molecular weight is 286 g/mol. The topological polar surface area (TPSA) is 47.1 Å². The largest absolute Gasteiger partial charge is 0.493 e. The Morgan fingerprint density at radius 3 is 2.43 bits per heavy atom. The summed E-state index contributed by atoms with van der Waals surface area (Å²) < 4.78 is 23.7. The maximum Gasteiger partial charge on any atom is 0.163 e. The molecule has 4 nitrogen and oxygen atoms in total. The number of aryl methyl sites for hydroxylation is 1. The highest BCUT2D eigenvalue weighted by molar-refractivity contribution is 5.83. The summed E-state index contributed by atoms with van der Waals surface area (Å²) in [6, 6.07) is 8.29. The second kappa shape index (κ2) is 5.09. The summed E-state index contributed by atoms with van der Waals surface area (Å²) in [7, 11) is 3.17. The van der Waals surface area contributed by atoms with Crippen LogP contribution in [0.3, 0.4) is 0 Å². The maximum atomic E-state index is 13.2. The van der Waals surface area contributed by atoms with Gasteiger partial charge in [0.05, 0.1) is 25.3 Å². The van der Waals surface area contributed by atoms with Gasteiger partial charge in [0.1, 0.15) is 11.6 Å². The first kappa shape index (κ1) is 13.4. The van der Waals surface area contributed by atoms with Crippen molar-refractivity contribution < 1.29 is 13.9 Å². The number of nitrogens with zero attached hydrogens (tertiary/aromatic N) is 1. The van der Waals surface area contributed by atoms with Crippen LogP contribution in [0.25, 0.3) is 22.4 Å². The first-order valence-electron chi connectivity index (χ1n) is 6.50. The number of aromatic amines is 1. The van der Waals surface area contributed by atoms with Crippen molar-refractivity contribution in [2.75, 3.05) is 14.2 Å². The van der Waals surface area contributed by atoms with Gasteiger partial charge in [-0.2, -0.15) is 0 Å². The lowest BCUT2D eigenvalue weighted by atomic mass is 10.1. The van der Waals surface area contributed by atoms with Crippen molar-refractivity contribution >= 4 is 11.0 Å². The van der Waals surface area contributed by atoms with Crippen LogP contribution in [0.4, 0.5) is 4.39 Å². The number of H-pyrrole nitrogens is 1. The fraction of sp³-hybridized carbons (Fsp3) is 0.188. The van der Waals surface area contributed by atoms with Crippen molar-refractivity contribution in [1.82, 2.24) is 9.97 Å². The molecular formula is C16H15FN2O2. The van der Waals surface area contributed by atoms with Crippen LogP contribution in [0, 0.1) is 12.7 Å². The molecule has 0 aliphatic carbocycles. The van der Waals surface area contributed by atoms with E-state index in [-0.39, 0.29) is 5.82 Å². The maximum absolute atomic E-state index is 13.2. The van der Waals surface area contributed by atoms with Crippen LogP contribution in [0.5, 0.6) is 11.5 Å². The van der Waals surface area contributed by atoms with Crippen LogP contribution in [-0.2, 0) is 0 Å². The monoisotopic (exact) mass is 286 g/mol. The summed E-state index contributed by atoms with van der Waals surface area (Å²) in [5.74, 6) is 1.70. The van der Waals surface area contributed by atoms with E-state index in [1.807, 2.05) is 19.1 Å². The number of imidazole rings is 1. The third kappa shape index (κ3) is 2.31. The van der Waals surface area contributed by atoms with Crippen molar-refractivity contribution in [2.45, 2.75) is 6.92 Å². The van der Waals surface area contributed by atoms with Gasteiger partial charge in [-0.05, 0) is 30.7 Å². The zero-order chi connectivity index (χ0) is 15.0. The van der Waals surface area contributed by atoms with E-state index < -0.39 is 0 Å². The third-order valence-electron chi connectivity index (χ3n) is 3.43. The lowest BCUT2D eigenvalue weighted by Crippen LogP contribution is -1.89. The first-order chi connectivity index (χ1) is 10.1. The molecule has 108 valence electrons. The highest BCUT2D eigenvalue weighted by Crippen LogP contribution is 2.33. The third-order valence-corrected chi connectivity index (χ3v) is 3.43. The van der Waals surface area contributed by atoms with E-state index in [9.17, 15) is 4.39 Å². The molecule has 0 saturated heterocycles. The number of hydrogen-bond donors (Lipinski definition) is 1. The Labute approximate surface area is 121 Å². The summed E-state index contributed by atoms with van der Waals surface area (Å²) >= 11 is 0. The number of benzene rings is 2. The van der Waals surface area contributed by atoms with Gasteiger partial charge >= 0.3 is 0 Å². The zero-order valence-electron chi connectivity index (χ0n) is 12.0. The van der Waals surface area contributed by atoms with Crippen molar-refractivity contribution in [2.24, 2.45) is 0 Å². The smallest absolute Gasteiger partial charge is 0.163 e. The van der Waals surface area contributed by atoms with Gasteiger partial charge < -0.3 is 14.5 Å². The average Bonchev–Trinajstić information content (AvgIpc) is 2.87. The number of methoxy groups -OCH3 is 2. The van der Waals surface area contributed by atoms with Crippen LogP contribution in [-0.4, -0.2) is 24.2 Å². The number of nitrogens with one attached hydrogen (secondary N) is 1. The second-order valence-electron chi connectivity index (χ2n) is 4.77. The molecule has 3 rings (SSSR count). The Morgan fingerprint density at radius 1 is 1.05 bits per heavy atom. The Kier molecular flexibility index (Phi) is 3.25. The fourth-order valence-electron chi connectivity index (χ4n) is 2.36. The van der Waals surface area contributed by atoms with E-state index in [1.54, 1.807) is 20.3 Å². The van der Waals surface area contributed by atoms with Crippen LogP contribution >= 0.6 is 0 Å². The van der Waals surface area contributed by atoms with Crippen LogP contribution in [0.15, 0.2) is 30.3 Å². The second-order valence-corrected chi connectivity index (χ2v) is 4.77. The molecule has 0 saturated carbocycles. The predicted molar refractivity (Wildman–Crippen MR) is 79.3 cm³/mol. The predicted octanol–water partition coefficient (Wildman–Crippen LogP) is 3.69. The quantitative estimate of drug-likeness (QED) is 0.798.